The number of sulfone groups is 1. The van der Waals surface area contributed by atoms with Crippen LogP contribution in [0.4, 0.5) is 4.79 Å². The molecule has 2 aromatic rings. The molecule has 0 aromatic heterocycles. The number of ether oxygens (including phenoxy) is 1. The van der Waals surface area contributed by atoms with Crippen molar-refractivity contribution in [2.75, 3.05) is 18.8 Å². The molecule has 6 atom stereocenters. The molecule has 1 saturated carbocycles. The number of imide groups is 1. The Morgan fingerprint density at radius 3 is 2.14 bits per heavy atom. The number of benzene rings is 2. The van der Waals surface area contributed by atoms with Crippen LogP contribution in [0.15, 0.2) is 59.5 Å². The molecule has 2 aliphatic rings. The molecule has 2 unspecified atom stereocenters. The number of Topliss-reactive ketones (excluding diaryl/α,β-unsaturated/α-hetero) is 1. The van der Waals surface area contributed by atoms with Gasteiger partial charge in [0.25, 0.3) is 0 Å². The van der Waals surface area contributed by atoms with E-state index in [-0.39, 0.29) is 41.7 Å². The number of amides is 4. The Hall–Kier alpha value is -4.18. The average molecular weight is 812 g/mol. The van der Waals surface area contributed by atoms with Gasteiger partial charge in [-0.3, -0.25) is 24.1 Å². The second-order valence-electron chi connectivity index (χ2n) is 17.0. The molecule has 15 heteroatoms. The molecule has 2 aromatic carbocycles. The van der Waals surface area contributed by atoms with Crippen LogP contribution in [-0.2, 0) is 40.2 Å². The van der Waals surface area contributed by atoms with Gasteiger partial charge in [0, 0.05) is 25.3 Å². The van der Waals surface area contributed by atoms with Crippen LogP contribution in [0, 0.1) is 17.8 Å². The van der Waals surface area contributed by atoms with Crippen LogP contribution >= 0.6 is 0 Å². The highest BCUT2D eigenvalue weighted by Gasteiger charge is 2.61. The fourth-order valence-electron chi connectivity index (χ4n) is 8.18. The minimum absolute atomic E-state index is 0.0104. The summed E-state index contributed by atoms with van der Waals surface area (Å²) in [5.74, 6) is -7.37. The van der Waals surface area contributed by atoms with Gasteiger partial charge >= 0.3 is 6.09 Å². The zero-order valence-electron chi connectivity index (χ0n) is 34.0. The highest BCUT2D eigenvalue weighted by molar-refractivity contribution is 7.91. The van der Waals surface area contributed by atoms with Gasteiger partial charge in [-0.2, -0.15) is 0 Å². The topological polar surface area (TPSA) is 228 Å². The normalized spacial score (nSPS) is 19.9. The first kappa shape index (κ1) is 45.5. The number of hydrogen-bond donors (Lipinski definition) is 5. The van der Waals surface area contributed by atoms with Gasteiger partial charge in [0.15, 0.2) is 15.6 Å². The quantitative estimate of drug-likeness (QED) is 0.165. The Labute approximate surface area is 336 Å². The number of nitrogens with one attached hydrogen (secondary N) is 2. The van der Waals surface area contributed by atoms with Crippen molar-refractivity contribution in [3.05, 3.63) is 65.7 Å². The highest BCUT2D eigenvalue weighted by Crippen LogP contribution is 2.47. The minimum atomic E-state index is -4.14. The molecule has 1 aliphatic carbocycles. The van der Waals surface area contributed by atoms with Gasteiger partial charge in [-0.25, -0.2) is 13.2 Å². The fraction of sp³-hybridized carbons (Fsp3) is 0.595. The van der Waals surface area contributed by atoms with E-state index in [1.54, 1.807) is 57.2 Å². The summed E-state index contributed by atoms with van der Waals surface area (Å²) in [6.07, 6.45) is 1.19. The molecular formula is C42H61N5O9S. The molecule has 4 rings (SSSR count). The van der Waals surface area contributed by atoms with Gasteiger partial charge < -0.3 is 31.9 Å². The van der Waals surface area contributed by atoms with Crippen molar-refractivity contribution in [1.82, 2.24) is 15.5 Å². The predicted octanol–water partition coefficient (Wildman–Crippen LogP) is 3.38. The standard InChI is InChI=1S/C42H61N5O9S/c1-26(2)23-45-38(51)35(44)36(49)31(21-28-15-9-7-10-16-28)37(50)42(25-46-40(53)56-41(4,5)6,32-24-57(54,55)34-20-14-13-19-30(32)34)47(27(3)48)39(52)33(43)22-29-17-11-8-12-18-29/h8,11-14,17-20,26,28,31-33,35-36,49H,7,9-10,15-16,21-25,43-44H2,1-6H3,(H,45,51)(H,46,53)/t31-,32-,33-,35?,36?,42+/m0/s1. The van der Waals surface area contributed by atoms with Gasteiger partial charge in [0.2, 0.25) is 17.7 Å². The van der Waals surface area contributed by atoms with Crippen LogP contribution in [0.25, 0.3) is 0 Å². The summed E-state index contributed by atoms with van der Waals surface area (Å²) >= 11 is 0. The lowest BCUT2D eigenvalue weighted by Gasteiger charge is -2.48. The third-order valence-corrected chi connectivity index (χ3v) is 12.7. The van der Waals surface area contributed by atoms with Gasteiger partial charge in [0.05, 0.1) is 29.3 Å². The summed E-state index contributed by atoms with van der Waals surface area (Å²) in [6.45, 7) is 9.15. The lowest BCUT2D eigenvalue weighted by molar-refractivity contribution is -0.162. The van der Waals surface area contributed by atoms with E-state index in [0.717, 1.165) is 26.2 Å². The molecule has 4 amide bonds. The minimum Gasteiger partial charge on any atom is -0.444 e. The maximum atomic E-state index is 16.1. The summed E-state index contributed by atoms with van der Waals surface area (Å²) < 4.78 is 33.5. The van der Waals surface area contributed by atoms with Crippen LogP contribution in [0.5, 0.6) is 0 Å². The van der Waals surface area contributed by atoms with Crippen LogP contribution in [-0.4, -0.2) is 96.2 Å². The smallest absolute Gasteiger partial charge is 0.407 e. The summed E-state index contributed by atoms with van der Waals surface area (Å²) in [4.78, 5) is 72.7. The Morgan fingerprint density at radius 1 is 0.930 bits per heavy atom. The van der Waals surface area contributed by atoms with Gasteiger partial charge in [0.1, 0.15) is 17.2 Å². The molecule has 1 heterocycles. The number of nitrogens with zero attached hydrogens (tertiary/aromatic N) is 1. The number of hydrogen-bond acceptors (Lipinski definition) is 11. The van der Waals surface area contributed by atoms with E-state index in [2.05, 4.69) is 10.6 Å². The predicted molar refractivity (Wildman–Crippen MR) is 215 cm³/mol. The molecule has 314 valence electrons. The third kappa shape index (κ3) is 11.1. The Morgan fingerprint density at radius 2 is 1.54 bits per heavy atom. The first-order chi connectivity index (χ1) is 26.7. The third-order valence-electron chi connectivity index (χ3n) is 10.9. The number of aliphatic hydroxyl groups excluding tert-OH is 1. The Bertz CT molecular complexity index is 1860. The molecule has 7 N–H and O–H groups in total. The summed E-state index contributed by atoms with van der Waals surface area (Å²) in [5.41, 5.74) is 10.3. The van der Waals surface area contributed by atoms with E-state index >= 15 is 4.79 Å². The number of aliphatic hydroxyl groups is 1. The number of carbonyl (C=O) groups is 5. The highest BCUT2D eigenvalue weighted by atomic mass is 32.2. The Kier molecular flexibility index (Phi) is 15.2. The van der Waals surface area contributed by atoms with Gasteiger partial charge in [-0.15, -0.1) is 0 Å². The monoisotopic (exact) mass is 811 g/mol. The van der Waals surface area contributed by atoms with Gasteiger partial charge in [-0.1, -0.05) is 94.5 Å². The molecule has 57 heavy (non-hydrogen) atoms. The summed E-state index contributed by atoms with van der Waals surface area (Å²) in [6, 6.07) is 11.7. The number of nitrogens with two attached hydrogens (primary N) is 2. The molecule has 1 aliphatic heterocycles. The van der Waals surface area contributed by atoms with E-state index in [1.807, 2.05) is 13.8 Å². The molecular weight excluding hydrogens is 751 g/mol. The van der Waals surface area contributed by atoms with E-state index in [9.17, 15) is 32.7 Å². The zero-order valence-corrected chi connectivity index (χ0v) is 34.8. The molecule has 0 saturated heterocycles. The summed E-state index contributed by atoms with van der Waals surface area (Å²) in [7, 11) is -4.14. The first-order valence-corrected chi connectivity index (χ1v) is 21.5. The molecule has 1 fully saturated rings. The molecule has 0 spiro atoms. The number of ketones is 1. The van der Waals surface area contributed by atoms with Crippen molar-refractivity contribution in [2.45, 2.75) is 127 Å². The van der Waals surface area contributed by atoms with E-state index in [1.165, 1.54) is 18.2 Å². The van der Waals surface area contributed by atoms with Crippen molar-refractivity contribution >= 4 is 39.4 Å². The Balaban J connectivity index is 2.02. The second kappa shape index (κ2) is 19.0. The van der Waals surface area contributed by atoms with Crippen molar-refractivity contribution in [2.24, 2.45) is 29.2 Å². The number of fused-ring (bicyclic) bond motifs is 1. The van der Waals surface area contributed by atoms with Crippen LogP contribution < -0.4 is 22.1 Å². The fourth-order valence-corrected chi connectivity index (χ4v) is 10.1. The average Bonchev–Trinajstić information content (AvgIpc) is 3.43. The lowest BCUT2D eigenvalue weighted by Crippen LogP contribution is -2.71. The van der Waals surface area contributed by atoms with E-state index < -0.39 is 92.9 Å². The van der Waals surface area contributed by atoms with Crippen molar-refractivity contribution in [1.29, 1.82) is 0 Å². The largest absolute Gasteiger partial charge is 0.444 e. The maximum Gasteiger partial charge on any atom is 0.407 e. The summed E-state index contributed by atoms with van der Waals surface area (Å²) in [5, 5.41) is 17.5. The number of rotatable bonds is 16. The maximum absolute atomic E-state index is 16.1. The number of alkyl carbamates (subject to hydrolysis) is 1. The first-order valence-electron chi connectivity index (χ1n) is 19.9. The van der Waals surface area contributed by atoms with Crippen LogP contribution in [0.3, 0.4) is 0 Å². The van der Waals surface area contributed by atoms with E-state index in [0.29, 0.717) is 23.3 Å². The SMILES string of the molecule is CC(=O)N(C(=O)[C@@H](N)Cc1ccccc1)[C@@](CNC(=O)OC(C)(C)C)(C(=O)[C@@H](CC1CCCCC1)C(O)C(N)C(=O)NCC(C)C)[C@H]1CS(=O)(=O)c2ccccc21. The molecule has 0 bridgehead atoms. The van der Waals surface area contributed by atoms with Crippen molar-refractivity contribution in [3.8, 4) is 0 Å². The molecule has 0 radical (unpaired) electrons. The second-order valence-corrected chi connectivity index (χ2v) is 19.0. The van der Waals surface area contributed by atoms with Crippen molar-refractivity contribution < 1.29 is 42.2 Å². The van der Waals surface area contributed by atoms with Crippen LogP contribution in [0.2, 0.25) is 0 Å². The molecule has 14 nitrogen and oxygen atoms in total. The lowest BCUT2D eigenvalue weighted by atomic mass is 9.67. The van der Waals surface area contributed by atoms with Crippen LogP contribution in [0.1, 0.15) is 97.1 Å². The zero-order chi connectivity index (χ0) is 42.3. The van der Waals surface area contributed by atoms with Crippen molar-refractivity contribution in [3.63, 3.8) is 0 Å². The van der Waals surface area contributed by atoms with E-state index in [4.69, 9.17) is 16.2 Å². The number of carbonyl (C=O) groups excluding carboxylic acids is 5. The van der Waals surface area contributed by atoms with Gasteiger partial charge in [-0.05, 0) is 62.6 Å².